The minimum absolute atomic E-state index is 0. The molecule has 0 aromatic heterocycles. The number of alkyl halides is 3. The van der Waals surface area contributed by atoms with Crippen molar-refractivity contribution in [3.63, 3.8) is 0 Å². The SMILES string of the molecule is Cc1ccc(C(F)(F)F)cc1NC(=O)C1(N)C2CCCOC2C1(C)C.Cl. The average molecular weight is 393 g/mol. The Balaban J connectivity index is 0.00000243. The minimum atomic E-state index is -4.47. The van der Waals surface area contributed by atoms with Crippen LogP contribution in [0.1, 0.15) is 37.8 Å². The first-order valence-corrected chi connectivity index (χ1v) is 8.39. The van der Waals surface area contributed by atoms with E-state index in [4.69, 9.17) is 10.5 Å². The molecule has 3 rings (SSSR count). The predicted molar refractivity (Wildman–Crippen MR) is 95.2 cm³/mol. The summed E-state index contributed by atoms with van der Waals surface area (Å²) in [5.41, 5.74) is 4.63. The lowest BCUT2D eigenvalue weighted by atomic mass is 9.46. The quantitative estimate of drug-likeness (QED) is 0.802. The maximum Gasteiger partial charge on any atom is 0.416 e. The van der Waals surface area contributed by atoms with E-state index >= 15 is 0 Å². The fourth-order valence-corrected chi connectivity index (χ4v) is 4.20. The van der Waals surface area contributed by atoms with Crippen molar-refractivity contribution in [2.24, 2.45) is 17.1 Å². The lowest BCUT2D eigenvalue weighted by molar-refractivity contribution is -0.222. The maximum atomic E-state index is 12.9. The fourth-order valence-electron chi connectivity index (χ4n) is 4.20. The van der Waals surface area contributed by atoms with Crippen LogP contribution < -0.4 is 11.1 Å². The van der Waals surface area contributed by atoms with E-state index in [-0.39, 0.29) is 30.1 Å². The van der Waals surface area contributed by atoms with Crippen molar-refractivity contribution in [1.29, 1.82) is 0 Å². The van der Waals surface area contributed by atoms with E-state index in [1.807, 2.05) is 13.8 Å². The number of carbonyl (C=O) groups is 1. The van der Waals surface area contributed by atoms with Gasteiger partial charge in [0.15, 0.2) is 0 Å². The molecule has 2 aliphatic rings. The first-order valence-electron chi connectivity index (χ1n) is 8.39. The summed E-state index contributed by atoms with van der Waals surface area (Å²) in [5.74, 6) is -0.575. The van der Waals surface area contributed by atoms with E-state index < -0.39 is 28.6 Å². The number of hydrogen-bond acceptors (Lipinski definition) is 3. The number of rotatable bonds is 2. The number of nitrogens with two attached hydrogens (primary N) is 1. The zero-order valence-corrected chi connectivity index (χ0v) is 15.8. The Morgan fingerprint density at radius 1 is 1.35 bits per heavy atom. The van der Waals surface area contributed by atoms with Gasteiger partial charge in [0.05, 0.1) is 11.7 Å². The molecule has 1 saturated heterocycles. The molecule has 146 valence electrons. The average Bonchev–Trinajstić information content (AvgIpc) is 2.54. The van der Waals surface area contributed by atoms with Crippen molar-refractivity contribution in [2.45, 2.75) is 51.4 Å². The molecule has 1 aromatic rings. The third-order valence-electron chi connectivity index (χ3n) is 5.87. The van der Waals surface area contributed by atoms with Crippen LogP contribution in [-0.2, 0) is 15.7 Å². The van der Waals surface area contributed by atoms with Crippen LogP contribution in [0.2, 0.25) is 0 Å². The summed E-state index contributed by atoms with van der Waals surface area (Å²) in [7, 11) is 0. The third kappa shape index (κ3) is 3.00. The van der Waals surface area contributed by atoms with Gasteiger partial charge in [-0.15, -0.1) is 12.4 Å². The van der Waals surface area contributed by atoms with Crippen LogP contribution >= 0.6 is 12.4 Å². The standard InChI is InChI=1S/C18H23F3N2O2.ClH/c1-10-6-7-11(18(19,20)21)9-13(10)23-15(24)17(22)12-5-4-8-25-14(12)16(17,2)3;/h6-7,9,12,14H,4-5,8,22H2,1-3H3,(H,23,24);1H. The number of carbonyl (C=O) groups excluding carboxylic acids is 1. The molecular formula is C18H24ClF3N2O2. The molecule has 1 aliphatic carbocycles. The molecular weight excluding hydrogens is 369 g/mol. The number of ether oxygens (including phenoxy) is 1. The Hall–Kier alpha value is -1.31. The van der Waals surface area contributed by atoms with Crippen LogP contribution in [-0.4, -0.2) is 24.2 Å². The second kappa shape index (κ2) is 6.69. The van der Waals surface area contributed by atoms with Crippen molar-refractivity contribution in [1.82, 2.24) is 0 Å². The van der Waals surface area contributed by atoms with Crippen molar-refractivity contribution in [3.8, 4) is 0 Å². The van der Waals surface area contributed by atoms with E-state index in [0.717, 1.165) is 25.0 Å². The number of hydrogen-bond donors (Lipinski definition) is 2. The summed E-state index contributed by atoms with van der Waals surface area (Å²) in [5, 5.41) is 2.63. The molecule has 0 spiro atoms. The number of nitrogens with one attached hydrogen (secondary N) is 1. The topological polar surface area (TPSA) is 64.4 Å². The van der Waals surface area contributed by atoms with E-state index in [2.05, 4.69) is 5.32 Å². The number of anilines is 1. The zero-order chi connectivity index (χ0) is 18.6. The number of halogens is 4. The summed E-state index contributed by atoms with van der Waals surface area (Å²) in [6.07, 6.45) is -2.96. The lowest BCUT2D eigenvalue weighted by Crippen LogP contribution is -2.81. The van der Waals surface area contributed by atoms with Crippen LogP contribution in [0, 0.1) is 18.3 Å². The Labute approximate surface area is 157 Å². The third-order valence-corrected chi connectivity index (χ3v) is 5.87. The molecule has 4 nitrogen and oxygen atoms in total. The molecule has 8 heteroatoms. The summed E-state index contributed by atoms with van der Waals surface area (Å²) in [6, 6.07) is 3.30. The van der Waals surface area contributed by atoms with Crippen LogP contribution in [0.25, 0.3) is 0 Å². The van der Waals surface area contributed by atoms with Crippen LogP contribution in [0.5, 0.6) is 0 Å². The van der Waals surface area contributed by atoms with Gasteiger partial charge < -0.3 is 15.8 Å². The molecule has 0 bridgehead atoms. The smallest absolute Gasteiger partial charge is 0.377 e. The summed E-state index contributed by atoms with van der Waals surface area (Å²) in [6.45, 7) is 6.04. The number of aryl methyl sites for hydroxylation is 1. The van der Waals surface area contributed by atoms with E-state index in [0.29, 0.717) is 12.2 Å². The second-order valence-electron chi connectivity index (χ2n) is 7.61. The van der Waals surface area contributed by atoms with Gasteiger partial charge in [0.2, 0.25) is 5.91 Å². The zero-order valence-electron chi connectivity index (χ0n) is 14.9. The predicted octanol–water partition coefficient (Wildman–Crippen LogP) is 3.91. The Morgan fingerprint density at radius 3 is 2.62 bits per heavy atom. The molecule has 1 amide bonds. The number of benzene rings is 1. The summed E-state index contributed by atoms with van der Waals surface area (Å²) < 4.78 is 44.6. The molecule has 3 unspecified atom stereocenters. The molecule has 1 aromatic carbocycles. The molecule has 1 heterocycles. The molecule has 26 heavy (non-hydrogen) atoms. The van der Waals surface area contributed by atoms with Gasteiger partial charge in [0.1, 0.15) is 5.54 Å². The van der Waals surface area contributed by atoms with Gasteiger partial charge in [-0.25, -0.2) is 0 Å². The van der Waals surface area contributed by atoms with Crippen molar-refractivity contribution < 1.29 is 22.7 Å². The van der Waals surface area contributed by atoms with Gasteiger partial charge in [0.25, 0.3) is 0 Å². The van der Waals surface area contributed by atoms with Crippen LogP contribution in [0.3, 0.4) is 0 Å². The van der Waals surface area contributed by atoms with Crippen LogP contribution in [0.4, 0.5) is 18.9 Å². The van der Waals surface area contributed by atoms with E-state index in [1.54, 1.807) is 6.92 Å². The first-order chi connectivity index (χ1) is 11.5. The van der Waals surface area contributed by atoms with Gasteiger partial charge in [-0.1, -0.05) is 19.9 Å². The Kier molecular flexibility index (Phi) is 5.40. The highest BCUT2D eigenvalue weighted by Crippen LogP contribution is 2.57. The highest BCUT2D eigenvalue weighted by atomic mass is 35.5. The number of fused-ring (bicyclic) bond motifs is 1. The largest absolute Gasteiger partial charge is 0.416 e. The van der Waals surface area contributed by atoms with Gasteiger partial charge in [-0.05, 0) is 37.5 Å². The van der Waals surface area contributed by atoms with E-state index in [1.165, 1.54) is 6.07 Å². The monoisotopic (exact) mass is 392 g/mol. The summed E-state index contributed by atoms with van der Waals surface area (Å²) in [4.78, 5) is 12.9. The van der Waals surface area contributed by atoms with Gasteiger partial charge in [-0.2, -0.15) is 13.2 Å². The highest BCUT2D eigenvalue weighted by molar-refractivity contribution is 6.00. The second-order valence-corrected chi connectivity index (χ2v) is 7.61. The Morgan fingerprint density at radius 2 is 2.00 bits per heavy atom. The van der Waals surface area contributed by atoms with Crippen molar-refractivity contribution in [3.05, 3.63) is 29.3 Å². The maximum absolute atomic E-state index is 12.9. The summed E-state index contributed by atoms with van der Waals surface area (Å²) >= 11 is 0. The molecule has 2 fully saturated rings. The molecule has 0 radical (unpaired) electrons. The Bertz CT molecular complexity index is 708. The minimum Gasteiger partial charge on any atom is -0.377 e. The van der Waals surface area contributed by atoms with Crippen LogP contribution in [0.15, 0.2) is 18.2 Å². The van der Waals surface area contributed by atoms with E-state index in [9.17, 15) is 18.0 Å². The molecule has 3 N–H and O–H groups in total. The number of amides is 1. The normalized spacial score (nSPS) is 29.8. The van der Waals surface area contributed by atoms with Crippen molar-refractivity contribution in [2.75, 3.05) is 11.9 Å². The molecule has 3 atom stereocenters. The van der Waals surface area contributed by atoms with Gasteiger partial charge >= 0.3 is 6.18 Å². The molecule has 1 aliphatic heterocycles. The lowest BCUT2D eigenvalue weighted by Gasteiger charge is -2.65. The van der Waals surface area contributed by atoms with Gasteiger partial charge in [0, 0.05) is 23.6 Å². The molecule has 1 saturated carbocycles. The highest BCUT2D eigenvalue weighted by Gasteiger charge is 2.70. The fraction of sp³-hybridized carbons (Fsp3) is 0.611. The van der Waals surface area contributed by atoms with Gasteiger partial charge in [-0.3, -0.25) is 4.79 Å². The first kappa shape index (κ1) is 21.0. The van der Waals surface area contributed by atoms with Crippen molar-refractivity contribution >= 4 is 24.0 Å².